The molecule has 2 N–H and O–H groups in total. The van der Waals surface area contributed by atoms with E-state index in [4.69, 9.17) is 5.73 Å². The molecule has 0 spiro atoms. The second-order valence-corrected chi connectivity index (χ2v) is 4.53. The molecule has 0 saturated carbocycles. The van der Waals surface area contributed by atoms with Gasteiger partial charge < -0.3 is 10.6 Å². The molecule has 1 aromatic rings. The SMILES string of the molecule is Cc1cc(C(=O)N(CCCN)C(C)C)n(C)n1. The second kappa shape index (κ2) is 5.82. The minimum atomic E-state index is 0.0246. The van der Waals surface area contributed by atoms with E-state index >= 15 is 0 Å². The standard InChI is InChI=1S/C12H22N4O/c1-9(2)16(7-5-6-13)12(17)11-8-10(3)14-15(11)4/h8-9H,5-7,13H2,1-4H3. The van der Waals surface area contributed by atoms with Crippen molar-refractivity contribution in [2.24, 2.45) is 12.8 Å². The molecule has 1 amide bonds. The number of amides is 1. The van der Waals surface area contributed by atoms with Crippen molar-refractivity contribution in [2.45, 2.75) is 33.2 Å². The fourth-order valence-electron chi connectivity index (χ4n) is 1.81. The van der Waals surface area contributed by atoms with E-state index in [0.717, 1.165) is 12.1 Å². The van der Waals surface area contributed by atoms with Gasteiger partial charge in [-0.1, -0.05) is 0 Å². The third kappa shape index (κ3) is 3.30. The van der Waals surface area contributed by atoms with Gasteiger partial charge in [-0.15, -0.1) is 0 Å². The molecule has 0 aliphatic heterocycles. The fraction of sp³-hybridized carbons (Fsp3) is 0.667. The van der Waals surface area contributed by atoms with E-state index in [9.17, 15) is 4.79 Å². The van der Waals surface area contributed by atoms with E-state index in [1.54, 1.807) is 11.7 Å². The lowest BCUT2D eigenvalue weighted by Gasteiger charge is -2.26. The zero-order valence-corrected chi connectivity index (χ0v) is 11.1. The van der Waals surface area contributed by atoms with E-state index in [1.807, 2.05) is 31.7 Å². The number of nitrogens with zero attached hydrogens (tertiary/aromatic N) is 3. The van der Waals surface area contributed by atoms with Crippen LogP contribution < -0.4 is 5.73 Å². The molecule has 0 radical (unpaired) electrons. The van der Waals surface area contributed by atoms with Crippen LogP contribution in [0.4, 0.5) is 0 Å². The van der Waals surface area contributed by atoms with Crippen molar-refractivity contribution >= 4 is 5.91 Å². The van der Waals surface area contributed by atoms with Gasteiger partial charge in [0.05, 0.1) is 5.69 Å². The van der Waals surface area contributed by atoms with E-state index in [0.29, 0.717) is 18.8 Å². The Hall–Kier alpha value is -1.36. The molecule has 17 heavy (non-hydrogen) atoms. The van der Waals surface area contributed by atoms with Crippen molar-refractivity contribution in [1.29, 1.82) is 0 Å². The zero-order chi connectivity index (χ0) is 13.0. The third-order valence-corrected chi connectivity index (χ3v) is 2.71. The quantitative estimate of drug-likeness (QED) is 0.830. The lowest BCUT2D eigenvalue weighted by Crippen LogP contribution is -2.39. The minimum Gasteiger partial charge on any atom is -0.335 e. The number of aromatic nitrogens is 2. The highest BCUT2D eigenvalue weighted by Gasteiger charge is 2.21. The van der Waals surface area contributed by atoms with Crippen LogP contribution in [0.5, 0.6) is 0 Å². The first-order valence-corrected chi connectivity index (χ1v) is 5.99. The normalized spacial score (nSPS) is 10.9. The largest absolute Gasteiger partial charge is 0.335 e. The summed E-state index contributed by atoms with van der Waals surface area (Å²) in [6, 6.07) is 1.99. The Bertz CT molecular complexity index is 384. The molecule has 0 fully saturated rings. The van der Waals surface area contributed by atoms with E-state index in [-0.39, 0.29) is 11.9 Å². The van der Waals surface area contributed by atoms with Crippen LogP contribution in [0.25, 0.3) is 0 Å². The van der Waals surface area contributed by atoms with Gasteiger partial charge in [-0.2, -0.15) is 5.10 Å². The Labute approximate surface area is 103 Å². The molecule has 1 heterocycles. The van der Waals surface area contributed by atoms with Crippen molar-refractivity contribution in [3.8, 4) is 0 Å². The summed E-state index contributed by atoms with van der Waals surface area (Å²) in [6.07, 6.45) is 0.820. The van der Waals surface area contributed by atoms with E-state index in [2.05, 4.69) is 5.10 Å². The predicted molar refractivity (Wildman–Crippen MR) is 67.8 cm³/mol. The number of carbonyl (C=O) groups is 1. The van der Waals surface area contributed by atoms with Gasteiger partial charge in [0.25, 0.3) is 5.91 Å². The maximum absolute atomic E-state index is 12.4. The summed E-state index contributed by atoms with van der Waals surface area (Å²) < 4.78 is 1.63. The van der Waals surface area contributed by atoms with Crippen LogP contribution in [0.15, 0.2) is 6.07 Å². The van der Waals surface area contributed by atoms with Gasteiger partial charge in [0.1, 0.15) is 5.69 Å². The summed E-state index contributed by atoms with van der Waals surface area (Å²) in [5, 5.41) is 4.20. The topological polar surface area (TPSA) is 64.2 Å². The molecule has 1 aromatic heterocycles. The maximum Gasteiger partial charge on any atom is 0.272 e. The number of carbonyl (C=O) groups excluding carboxylic acids is 1. The Morgan fingerprint density at radius 1 is 1.59 bits per heavy atom. The van der Waals surface area contributed by atoms with Crippen molar-refractivity contribution in [3.63, 3.8) is 0 Å². The average Bonchev–Trinajstić information content (AvgIpc) is 2.57. The molecule has 96 valence electrons. The highest BCUT2D eigenvalue weighted by atomic mass is 16.2. The van der Waals surface area contributed by atoms with Gasteiger partial charge in [0.15, 0.2) is 0 Å². The van der Waals surface area contributed by atoms with Gasteiger partial charge in [-0.25, -0.2) is 0 Å². The van der Waals surface area contributed by atoms with Crippen molar-refractivity contribution in [3.05, 3.63) is 17.5 Å². The molecule has 0 aliphatic rings. The lowest BCUT2D eigenvalue weighted by molar-refractivity contribution is 0.0693. The van der Waals surface area contributed by atoms with Crippen LogP contribution in [0.3, 0.4) is 0 Å². The van der Waals surface area contributed by atoms with Crippen molar-refractivity contribution in [2.75, 3.05) is 13.1 Å². The van der Waals surface area contributed by atoms with E-state index in [1.165, 1.54) is 0 Å². The zero-order valence-electron chi connectivity index (χ0n) is 11.1. The first-order chi connectivity index (χ1) is 7.97. The van der Waals surface area contributed by atoms with Gasteiger partial charge in [-0.3, -0.25) is 9.48 Å². The second-order valence-electron chi connectivity index (χ2n) is 4.53. The molecule has 5 nitrogen and oxygen atoms in total. The van der Waals surface area contributed by atoms with Crippen LogP contribution >= 0.6 is 0 Å². The molecule has 0 bridgehead atoms. The van der Waals surface area contributed by atoms with Gasteiger partial charge in [-0.05, 0) is 39.8 Å². The maximum atomic E-state index is 12.4. The summed E-state index contributed by atoms with van der Waals surface area (Å²) in [5.41, 5.74) is 6.99. The highest BCUT2D eigenvalue weighted by Crippen LogP contribution is 2.10. The third-order valence-electron chi connectivity index (χ3n) is 2.71. The average molecular weight is 238 g/mol. The van der Waals surface area contributed by atoms with Crippen LogP contribution in [-0.4, -0.2) is 39.7 Å². The Balaban J connectivity index is 2.87. The molecular weight excluding hydrogens is 216 g/mol. The summed E-state index contributed by atoms with van der Waals surface area (Å²) in [5.74, 6) is 0.0246. The van der Waals surface area contributed by atoms with Crippen LogP contribution in [0.2, 0.25) is 0 Å². The molecule has 0 unspecified atom stereocenters. The van der Waals surface area contributed by atoms with Crippen LogP contribution in [0, 0.1) is 6.92 Å². The number of hydrogen-bond acceptors (Lipinski definition) is 3. The molecule has 0 atom stereocenters. The fourth-order valence-corrected chi connectivity index (χ4v) is 1.81. The Morgan fingerprint density at radius 3 is 2.65 bits per heavy atom. The minimum absolute atomic E-state index is 0.0246. The number of aryl methyl sites for hydroxylation is 2. The Morgan fingerprint density at radius 2 is 2.24 bits per heavy atom. The molecule has 5 heteroatoms. The molecule has 0 aliphatic carbocycles. The summed E-state index contributed by atoms with van der Waals surface area (Å²) in [6.45, 7) is 7.20. The first-order valence-electron chi connectivity index (χ1n) is 5.99. The summed E-state index contributed by atoms with van der Waals surface area (Å²) in [7, 11) is 1.79. The van der Waals surface area contributed by atoms with Gasteiger partial charge in [0, 0.05) is 19.6 Å². The molecule has 0 aromatic carbocycles. The van der Waals surface area contributed by atoms with Crippen molar-refractivity contribution < 1.29 is 4.79 Å². The highest BCUT2D eigenvalue weighted by molar-refractivity contribution is 5.92. The molecule has 1 rings (SSSR count). The first kappa shape index (κ1) is 13.7. The number of rotatable bonds is 5. The smallest absolute Gasteiger partial charge is 0.272 e. The monoisotopic (exact) mass is 238 g/mol. The van der Waals surface area contributed by atoms with Gasteiger partial charge >= 0.3 is 0 Å². The Kier molecular flexibility index (Phi) is 4.69. The predicted octanol–water partition coefficient (Wildman–Crippen LogP) is 0.928. The summed E-state index contributed by atoms with van der Waals surface area (Å²) >= 11 is 0. The van der Waals surface area contributed by atoms with Crippen LogP contribution in [0.1, 0.15) is 36.5 Å². The number of hydrogen-bond donors (Lipinski definition) is 1. The number of nitrogens with two attached hydrogens (primary N) is 1. The molecule has 0 saturated heterocycles. The van der Waals surface area contributed by atoms with Crippen molar-refractivity contribution in [1.82, 2.24) is 14.7 Å². The molecular formula is C12H22N4O. The van der Waals surface area contributed by atoms with Gasteiger partial charge in [0.2, 0.25) is 0 Å². The van der Waals surface area contributed by atoms with Crippen LogP contribution in [-0.2, 0) is 7.05 Å². The van der Waals surface area contributed by atoms with E-state index < -0.39 is 0 Å². The lowest BCUT2D eigenvalue weighted by atomic mass is 10.2. The summed E-state index contributed by atoms with van der Waals surface area (Å²) in [4.78, 5) is 14.2.